The van der Waals surface area contributed by atoms with Gasteiger partial charge in [0.2, 0.25) is 0 Å². The van der Waals surface area contributed by atoms with Gasteiger partial charge < -0.3 is 5.32 Å². The first-order chi connectivity index (χ1) is 8.66. The normalized spacial score (nSPS) is 10.6. The van der Waals surface area contributed by atoms with Crippen LogP contribution in [0.2, 0.25) is 0 Å². The Hall–Kier alpha value is -0.590. The maximum atomic E-state index is 10.8. The summed E-state index contributed by atoms with van der Waals surface area (Å²) in [5.74, 6) is 1.18. The number of nitrogens with one attached hydrogen (secondary N) is 1. The van der Waals surface area contributed by atoms with Crippen molar-refractivity contribution in [1.29, 1.82) is 0 Å². The van der Waals surface area contributed by atoms with Gasteiger partial charge in [-0.2, -0.15) is 11.8 Å². The molecular formula is C12H17BrN2O2S. The van der Waals surface area contributed by atoms with E-state index in [1.165, 1.54) is 18.2 Å². The molecule has 0 radical (unpaired) electrons. The molecule has 0 heterocycles. The number of hydrogen-bond donors (Lipinski definition) is 1. The van der Waals surface area contributed by atoms with Crippen LogP contribution < -0.4 is 5.32 Å². The predicted molar refractivity (Wildman–Crippen MR) is 80.1 cm³/mol. The first kappa shape index (κ1) is 15.5. The highest BCUT2D eigenvalue weighted by atomic mass is 79.9. The Morgan fingerprint density at radius 2 is 2.22 bits per heavy atom. The third kappa shape index (κ3) is 4.96. The third-order valence-electron chi connectivity index (χ3n) is 2.52. The fraction of sp³-hybridized carbons (Fsp3) is 0.500. The van der Waals surface area contributed by atoms with E-state index in [0.717, 1.165) is 18.5 Å². The topological polar surface area (TPSA) is 55.2 Å². The molecule has 0 atom stereocenters. The van der Waals surface area contributed by atoms with Crippen LogP contribution in [0.4, 0.5) is 5.69 Å². The number of halogens is 1. The number of thioether (sulfide) groups is 1. The Morgan fingerprint density at radius 1 is 1.44 bits per heavy atom. The molecule has 0 bridgehead atoms. The summed E-state index contributed by atoms with van der Waals surface area (Å²) in [7, 11) is 0. The third-order valence-corrected chi connectivity index (χ3v) is 4.13. The fourth-order valence-corrected chi connectivity index (χ4v) is 2.61. The summed E-state index contributed by atoms with van der Waals surface area (Å²) in [5.41, 5.74) is 1.05. The van der Waals surface area contributed by atoms with Crippen molar-refractivity contribution in [2.45, 2.75) is 19.4 Å². The molecule has 1 aromatic carbocycles. The zero-order valence-electron chi connectivity index (χ0n) is 10.3. The van der Waals surface area contributed by atoms with E-state index in [1.807, 2.05) is 17.8 Å². The number of nitrogens with zero attached hydrogens (tertiary/aromatic N) is 1. The lowest BCUT2D eigenvalue weighted by atomic mass is 10.2. The maximum Gasteiger partial charge on any atom is 0.283 e. The molecule has 0 amide bonds. The minimum absolute atomic E-state index is 0.122. The number of hydrogen-bond acceptors (Lipinski definition) is 4. The highest BCUT2D eigenvalue weighted by Crippen LogP contribution is 2.27. The van der Waals surface area contributed by atoms with Gasteiger partial charge in [0, 0.05) is 12.6 Å². The zero-order valence-corrected chi connectivity index (χ0v) is 12.7. The Bertz CT molecular complexity index is 402. The van der Waals surface area contributed by atoms with Gasteiger partial charge in [0.15, 0.2) is 0 Å². The molecule has 18 heavy (non-hydrogen) atoms. The Kier molecular flexibility index (Phi) is 7.31. The molecular weight excluding hydrogens is 316 g/mol. The minimum Gasteiger partial charge on any atom is -0.313 e. The van der Waals surface area contributed by atoms with Crippen LogP contribution in [0.5, 0.6) is 0 Å². The molecule has 1 N–H and O–H groups in total. The summed E-state index contributed by atoms with van der Waals surface area (Å²) in [6, 6.07) is 5.12. The lowest BCUT2D eigenvalue weighted by molar-refractivity contribution is -0.385. The molecule has 0 spiro atoms. The SMILES string of the molecule is CSCCCCNCc1cccc([N+](=O)[O-])c1Br. The van der Waals surface area contributed by atoms with E-state index in [4.69, 9.17) is 0 Å². The number of unbranched alkanes of at least 4 members (excludes halogenated alkanes) is 1. The van der Waals surface area contributed by atoms with Gasteiger partial charge in [0.1, 0.15) is 0 Å². The maximum absolute atomic E-state index is 10.8. The molecule has 0 aliphatic rings. The smallest absolute Gasteiger partial charge is 0.283 e. The summed E-state index contributed by atoms with van der Waals surface area (Å²) in [6.07, 6.45) is 4.44. The monoisotopic (exact) mass is 332 g/mol. The van der Waals surface area contributed by atoms with Gasteiger partial charge in [-0.25, -0.2) is 0 Å². The van der Waals surface area contributed by atoms with E-state index >= 15 is 0 Å². The molecule has 0 fully saturated rings. The van der Waals surface area contributed by atoms with Crippen LogP contribution in [-0.4, -0.2) is 23.5 Å². The second kappa shape index (κ2) is 8.50. The Balaban J connectivity index is 2.43. The number of nitro benzene ring substituents is 1. The second-order valence-electron chi connectivity index (χ2n) is 3.88. The van der Waals surface area contributed by atoms with Gasteiger partial charge in [0.05, 0.1) is 9.40 Å². The van der Waals surface area contributed by atoms with Crippen LogP contribution in [0.15, 0.2) is 22.7 Å². The number of nitro groups is 1. The van der Waals surface area contributed by atoms with Crippen LogP contribution in [0.25, 0.3) is 0 Å². The summed E-state index contributed by atoms with van der Waals surface area (Å²) >= 11 is 5.14. The van der Waals surface area contributed by atoms with Gasteiger partial charge in [0.25, 0.3) is 5.69 Å². The lowest BCUT2D eigenvalue weighted by Gasteiger charge is -2.07. The molecule has 6 heteroatoms. The Labute approximate surface area is 120 Å². The van der Waals surface area contributed by atoms with E-state index in [2.05, 4.69) is 27.5 Å². The molecule has 0 unspecified atom stereocenters. The van der Waals surface area contributed by atoms with Gasteiger partial charge >= 0.3 is 0 Å². The van der Waals surface area contributed by atoms with E-state index in [1.54, 1.807) is 6.07 Å². The highest BCUT2D eigenvalue weighted by Gasteiger charge is 2.13. The fourth-order valence-electron chi connectivity index (χ4n) is 1.56. The molecule has 1 aromatic rings. The first-order valence-corrected chi connectivity index (χ1v) is 7.97. The van der Waals surface area contributed by atoms with Crippen molar-refractivity contribution in [3.8, 4) is 0 Å². The number of rotatable bonds is 8. The quantitative estimate of drug-likeness (QED) is 0.449. The highest BCUT2D eigenvalue weighted by molar-refractivity contribution is 9.10. The van der Waals surface area contributed by atoms with E-state index in [9.17, 15) is 10.1 Å². The average Bonchev–Trinajstić information content (AvgIpc) is 2.35. The zero-order chi connectivity index (χ0) is 13.4. The molecule has 1 rings (SSSR count). The van der Waals surface area contributed by atoms with Crippen LogP contribution in [-0.2, 0) is 6.54 Å². The average molecular weight is 333 g/mol. The Morgan fingerprint density at radius 3 is 2.89 bits per heavy atom. The van der Waals surface area contributed by atoms with E-state index < -0.39 is 0 Å². The van der Waals surface area contributed by atoms with Crippen molar-refractivity contribution in [3.05, 3.63) is 38.3 Å². The standard InChI is InChI=1S/C12H17BrN2O2S/c1-18-8-3-2-7-14-9-10-5-4-6-11(12(10)13)15(16)17/h4-6,14H,2-3,7-9H2,1H3. The van der Waals surface area contributed by atoms with E-state index in [0.29, 0.717) is 11.0 Å². The molecule has 0 saturated carbocycles. The van der Waals surface area contributed by atoms with Gasteiger partial charge in [-0.1, -0.05) is 12.1 Å². The predicted octanol–water partition coefficient (Wildman–Crippen LogP) is 3.59. The van der Waals surface area contributed by atoms with Crippen LogP contribution in [0, 0.1) is 10.1 Å². The second-order valence-corrected chi connectivity index (χ2v) is 5.66. The largest absolute Gasteiger partial charge is 0.313 e. The summed E-state index contributed by atoms with van der Waals surface area (Å²) < 4.78 is 0.576. The summed E-state index contributed by atoms with van der Waals surface area (Å²) in [6.45, 7) is 1.59. The van der Waals surface area contributed by atoms with Gasteiger partial charge in [-0.15, -0.1) is 0 Å². The lowest BCUT2D eigenvalue weighted by Crippen LogP contribution is -2.15. The van der Waals surface area contributed by atoms with E-state index in [-0.39, 0.29) is 10.6 Å². The first-order valence-electron chi connectivity index (χ1n) is 5.78. The molecule has 0 saturated heterocycles. The minimum atomic E-state index is -0.369. The molecule has 0 aromatic heterocycles. The van der Waals surface area contributed by atoms with Gasteiger partial charge in [-0.05, 0) is 52.9 Å². The van der Waals surface area contributed by atoms with Crippen molar-refractivity contribution in [2.24, 2.45) is 0 Å². The summed E-state index contributed by atoms with van der Waals surface area (Å²) in [4.78, 5) is 10.4. The van der Waals surface area contributed by atoms with Crippen molar-refractivity contribution < 1.29 is 4.92 Å². The molecule has 4 nitrogen and oxygen atoms in total. The van der Waals surface area contributed by atoms with Gasteiger partial charge in [-0.3, -0.25) is 10.1 Å². The molecule has 100 valence electrons. The van der Waals surface area contributed by atoms with Crippen molar-refractivity contribution in [1.82, 2.24) is 5.32 Å². The van der Waals surface area contributed by atoms with Crippen molar-refractivity contribution in [2.75, 3.05) is 18.6 Å². The van der Waals surface area contributed by atoms with Crippen LogP contribution >= 0.6 is 27.7 Å². The number of benzene rings is 1. The molecule has 0 aliphatic heterocycles. The molecule has 0 aliphatic carbocycles. The van der Waals surface area contributed by atoms with Crippen molar-refractivity contribution >= 4 is 33.4 Å². The summed E-state index contributed by atoms with van der Waals surface area (Å²) in [5, 5.41) is 14.1. The van der Waals surface area contributed by atoms with Crippen LogP contribution in [0.3, 0.4) is 0 Å². The van der Waals surface area contributed by atoms with Crippen molar-refractivity contribution in [3.63, 3.8) is 0 Å². The van der Waals surface area contributed by atoms with Crippen LogP contribution in [0.1, 0.15) is 18.4 Å².